The Morgan fingerprint density at radius 3 is 2.57 bits per heavy atom. The molecule has 8 heteroatoms. The number of hydrogen-bond acceptors (Lipinski definition) is 4. The van der Waals surface area contributed by atoms with Crippen LogP contribution in [-0.2, 0) is 18.3 Å². The molecule has 0 aromatic carbocycles. The molecule has 0 unspecified atom stereocenters. The van der Waals surface area contributed by atoms with Crippen LogP contribution in [0.1, 0.15) is 43.0 Å². The van der Waals surface area contributed by atoms with Gasteiger partial charge in [-0.15, -0.1) is 0 Å². The molecule has 0 aliphatic rings. The molecular formula is C13H20ClN3O4. The number of amides is 1. The lowest BCUT2D eigenvalue weighted by molar-refractivity contribution is -0.141. The Morgan fingerprint density at radius 2 is 2.10 bits per heavy atom. The van der Waals surface area contributed by atoms with E-state index in [9.17, 15) is 14.7 Å². The Morgan fingerprint density at radius 1 is 1.48 bits per heavy atom. The molecule has 0 radical (unpaired) electrons. The number of imidazole rings is 1. The van der Waals surface area contributed by atoms with Crippen molar-refractivity contribution in [3.63, 3.8) is 0 Å². The van der Waals surface area contributed by atoms with Gasteiger partial charge in [0.25, 0.3) is 5.91 Å². The van der Waals surface area contributed by atoms with Gasteiger partial charge in [-0.3, -0.25) is 4.79 Å². The molecule has 0 saturated heterocycles. The largest absolute Gasteiger partial charge is 0.480 e. The molecule has 1 amide bonds. The third-order valence-electron chi connectivity index (χ3n) is 3.15. The van der Waals surface area contributed by atoms with Gasteiger partial charge in [0.15, 0.2) is 11.2 Å². The molecule has 0 bridgehead atoms. The number of halogens is 1. The summed E-state index contributed by atoms with van der Waals surface area (Å²) < 4.78 is 1.55. The van der Waals surface area contributed by atoms with Crippen molar-refractivity contribution in [3.8, 4) is 0 Å². The molecule has 21 heavy (non-hydrogen) atoms. The zero-order valence-electron chi connectivity index (χ0n) is 12.3. The SMILES string of the molecule is CCCCc1nc(Cl)c(C(=O)N[C@H](C(=O)O)[C@H](C)O)n1C. The highest BCUT2D eigenvalue weighted by Crippen LogP contribution is 2.18. The lowest BCUT2D eigenvalue weighted by Gasteiger charge is -2.17. The minimum absolute atomic E-state index is 0.0239. The number of unbranched alkanes of at least 4 members (excludes halogenated alkanes) is 1. The van der Waals surface area contributed by atoms with Crippen molar-refractivity contribution in [2.45, 2.75) is 45.3 Å². The van der Waals surface area contributed by atoms with Crippen LogP contribution in [0.25, 0.3) is 0 Å². The standard InChI is InChI=1S/C13H20ClN3O4/c1-4-5-6-8-15-11(14)10(17(8)3)12(19)16-9(7(2)18)13(20)21/h7,9,18H,4-6H2,1-3H3,(H,16,19)(H,20,21)/t7-,9-/m0/s1. The first-order chi connectivity index (χ1) is 9.79. The molecule has 1 aromatic heterocycles. The first-order valence-corrected chi connectivity index (χ1v) is 7.10. The molecular weight excluding hydrogens is 298 g/mol. The molecule has 1 rings (SSSR count). The summed E-state index contributed by atoms with van der Waals surface area (Å²) in [5, 5.41) is 20.6. The molecule has 118 valence electrons. The highest BCUT2D eigenvalue weighted by molar-refractivity contribution is 6.32. The number of carboxylic acids is 1. The molecule has 0 saturated carbocycles. The van der Waals surface area contributed by atoms with Crippen LogP contribution in [0.4, 0.5) is 0 Å². The van der Waals surface area contributed by atoms with Gasteiger partial charge in [-0.2, -0.15) is 0 Å². The maximum atomic E-state index is 12.2. The smallest absolute Gasteiger partial charge is 0.328 e. The molecule has 3 N–H and O–H groups in total. The van der Waals surface area contributed by atoms with Gasteiger partial charge in [0, 0.05) is 13.5 Å². The second-order valence-corrected chi connectivity index (χ2v) is 5.22. The first kappa shape index (κ1) is 17.5. The number of nitrogens with zero attached hydrogens (tertiary/aromatic N) is 2. The first-order valence-electron chi connectivity index (χ1n) is 6.72. The van der Waals surface area contributed by atoms with Crippen LogP contribution in [0.15, 0.2) is 0 Å². The summed E-state index contributed by atoms with van der Waals surface area (Å²) >= 11 is 5.96. The van der Waals surface area contributed by atoms with Crippen molar-refractivity contribution in [2.75, 3.05) is 0 Å². The molecule has 1 heterocycles. The van der Waals surface area contributed by atoms with E-state index in [2.05, 4.69) is 10.3 Å². The van der Waals surface area contributed by atoms with Gasteiger partial charge >= 0.3 is 5.97 Å². The van der Waals surface area contributed by atoms with Gasteiger partial charge < -0.3 is 20.1 Å². The fourth-order valence-corrected chi connectivity index (χ4v) is 2.22. The van der Waals surface area contributed by atoms with Crippen LogP contribution in [0.3, 0.4) is 0 Å². The van der Waals surface area contributed by atoms with Crippen LogP contribution < -0.4 is 5.32 Å². The quantitative estimate of drug-likeness (QED) is 0.695. The van der Waals surface area contributed by atoms with Gasteiger partial charge in [0.05, 0.1) is 6.10 Å². The second-order valence-electron chi connectivity index (χ2n) is 4.86. The fourth-order valence-electron chi connectivity index (χ4n) is 1.91. The van der Waals surface area contributed by atoms with E-state index in [1.807, 2.05) is 6.92 Å². The third-order valence-corrected chi connectivity index (χ3v) is 3.41. The van der Waals surface area contributed by atoms with E-state index >= 15 is 0 Å². The molecule has 7 nitrogen and oxygen atoms in total. The number of hydrogen-bond donors (Lipinski definition) is 3. The summed E-state index contributed by atoms with van der Waals surface area (Å²) in [5.41, 5.74) is 0.0923. The van der Waals surface area contributed by atoms with Crippen molar-refractivity contribution in [2.24, 2.45) is 7.05 Å². The number of aromatic nitrogens is 2. The lowest BCUT2D eigenvalue weighted by Crippen LogP contribution is -2.48. The van der Waals surface area contributed by atoms with Crippen LogP contribution in [0.5, 0.6) is 0 Å². The average molecular weight is 318 g/mol. The van der Waals surface area contributed by atoms with Crippen molar-refractivity contribution in [3.05, 3.63) is 16.7 Å². The van der Waals surface area contributed by atoms with E-state index < -0.39 is 24.0 Å². The summed E-state index contributed by atoms with van der Waals surface area (Å²) in [6.45, 7) is 3.33. The zero-order chi connectivity index (χ0) is 16.2. The van der Waals surface area contributed by atoms with Crippen molar-refractivity contribution < 1.29 is 19.8 Å². The van der Waals surface area contributed by atoms with E-state index in [1.165, 1.54) is 6.92 Å². The maximum Gasteiger partial charge on any atom is 0.328 e. The molecule has 0 spiro atoms. The van der Waals surface area contributed by atoms with Gasteiger partial charge in [0.1, 0.15) is 11.5 Å². The second kappa shape index (κ2) is 7.42. The summed E-state index contributed by atoms with van der Waals surface area (Å²) in [5.74, 6) is -1.33. The Labute approximate surface area is 127 Å². The number of rotatable bonds is 7. The lowest BCUT2D eigenvalue weighted by atomic mass is 10.2. The van der Waals surface area contributed by atoms with E-state index in [1.54, 1.807) is 11.6 Å². The highest BCUT2D eigenvalue weighted by atomic mass is 35.5. The summed E-state index contributed by atoms with van der Waals surface area (Å²) in [7, 11) is 1.65. The number of aliphatic carboxylic acids is 1. The Kier molecular flexibility index (Phi) is 6.17. The molecule has 0 aliphatic carbocycles. The van der Waals surface area contributed by atoms with Crippen LogP contribution >= 0.6 is 11.6 Å². The van der Waals surface area contributed by atoms with Crippen molar-refractivity contribution >= 4 is 23.5 Å². The van der Waals surface area contributed by atoms with Crippen LogP contribution in [0, 0.1) is 0 Å². The van der Waals surface area contributed by atoms with Gasteiger partial charge in [-0.25, -0.2) is 9.78 Å². The molecule has 0 aliphatic heterocycles. The normalized spacial score (nSPS) is 13.8. The number of carbonyl (C=O) groups is 2. The number of aliphatic hydroxyl groups excluding tert-OH is 1. The summed E-state index contributed by atoms with van der Waals surface area (Å²) in [6.07, 6.45) is 1.35. The number of carboxylic acid groups (broad SMARTS) is 1. The number of aryl methyl sites for hydroxylation is 1. The maximum absolute atomic E-state index is 12.2. The monoisotopic (exact) mass is 317 g/mol. The molecule has 2 atom stereocenters. The van der Waals surface area contributed by atoms with Gasteiger partial charge in [-0.1, -0.05) is 24.9 Å². The van der Waals surface area contributed by atoms with E-state index in [-0.39, 0.29) is 10.8 Å². The molecule has 1 aromatic rings. The van der Waals surface area contributed by atoms with E-state index in [0.29, 0.717) is 12.2 Å². The van der Waals surface area contributed by atoms with E-state index in [4.69, 9.17) is 16.7 Å². The zero-order valence-corrected chi connectivity index (χ0v) is 13.0. The van der Waals surface area contributed by atoms with Gasteiger partial charge in [0.2, 0.25) is 0 Å². The third kappa shape index (κ3) is 4.18. The fraction of sp³-hybridized carbons (Fsp3) is 0.615. The van der Waals surface area contributed by atoms with Gasteiger partial charge in [-0.05, 0) is 13.3 Å². The predicted molar refractivity (Wildman–Crippen MR) is 77.4 cm³/mol. The minimum atomic E-state index is -1.40. The Bertz CT molecular complexity index is 528. The topological polar surface area (TPSA) is 104 Å². The minimum Gasteiger partial charge on any atom is -0.480 e. The summed E-state index contributed by atoms with van der Waals surface area (Å²) in [4.78, 5) is 27.3. The number of carbonyl (C=O) groups excluding carboxylic acids is 1. The van der Waals surface area contributed by atoms with Crippen molar-refractivity contribution in [1.29, 1.82) is 0 Å². The average Bonchev–Trinajstić information content (AvgIpc) is 2.67. The number of aliphatic hydroxyl groups is 1. The van der Waals surface area contributed by atoms with Crippen molar-refractivity contribution in [1.82, 2.24) is 14.9 Å². The van der Waals surface area contributed by atoms with Crippen LogP contribution in [0.2, 0.25) is 5.15 Å². The Balaban J connectivity index is 2.97. The number of nitrogens with one attached hydrogen (secondary N) is 1. The predicted octanol–water partition coefficient (Wildman–Crippen LogP) is 0.980. The molecule has 0 fully saturated rings. The Hall–Kier alpha value is -1.60. The highest BCUT2D eigenvalue weighted by Gasteiger charge is 2.28. The summed E-state index contributed by atoms with van der Waals surface area (Å²) in [6, 6.07) is -1.40. The van der Waals surface area contributed by atoms with Crippen LogP contribution in [-0.4, -0.2) is 43.8 Å². The van der Waals surface area contributed by atoms with E-state index in [0.717, 1.165) is 12.8 Å².